The van der Waals surface area contributed by atoms with Crippen LogP contribution < -0.4 is 24.8 Å². The molecule has 0 aliphatic rings. The van der Waals surface area contributed by atoms with Crippen LogP contribution in [0.25, 0.3) is 0 Å². The van der Waals surface area contributed by atoms with E-state index in [1.54, 1.807) is 0 Å². The first-order valence-corrected chi connectivity index (χ1v) is 2.10. The third kappa shape index (κ3) is 264. The summed E-state index contributed by atoms with van der Waals surface area (Å²) in [5, 5.41) is 0. The Labute approximate surface area is 69.9 Å². The minimum atomic E-state index is -4.67. The van der Waals surface area contributed by atoms with Gasteiger partial charge in [0.1, 0.15) is 0 Å². The average Bonchev–Trinajstić information content (AvgIpc) is 0.722. The Kier molecular flexibility index (Phi) is 23.0. The Morgan fingerprint density at radius 2 is 1.00 bits per heavy atom. The third-order valence-corrected chi connectivity index (χ3v) is 0. The zero-order valence-corrected chi connectivity index (χ0v) is 6.66. The van der Waals surface area contributed by atoms with Crippen molar-refractivity contribution < 1.29 is 59.4 Å². The molecule has 0 amide bonds. The van der Waals surface area contributed by atoms with Crippen molar-refractivity contribution in [3.63, 3.8) is 0 Å². The maximum atomic E-state index is 8.74. The summed E-state index contributed by atoms with van der Waals surface area (Å²) in [4.78, 5) is 0. The first kappa shape index (κ1) is 23.1. The fourth-order valence-corrected chi connectivity index (χ4v) is 0. The first-order chi connectivity index (χ1) is 2.00. The van der Waals surface area contributed by atoms with E-state index in [0.29, 0.717) is 0 Å². The molecule has 0 aliphatic carbocycles. The van der Waals surface area contributed by atoms with E-state index in [1.165, 1.54) is 0 Å². The van der Waals surface area contributed by atoms with E-state index in [2.05, 4.69) is 0 Å². The minimum Gasteiger partial charge on any atom is -1.00 e. The Morgan fingerprint density at radius 3 is 1.00 bits per heavy atom. The van der Waals surface area contributed by atoms with E-state index in [9.17, 15) is 0 Å². The summed E-state index contributed by atoms with van der Waals surface area (Å²) in [5.41, 5.74) is 0. The zero-order valence-electron chi connectivity index (χ0n) is 3.23. The normalized spacial score (nSPS) is 7.25. The van der Waals surface area contributed by atoms with Crippen molar-refractivity contribution in [3.8, 4) is 0 Å². The largest absolute Gasteiger partial charge is 2.00 e. The van der Waals surface area contributed by atoms with E-state index in [0.717, 1.165) is 0 Å². The van der Waals surface area contributed by atoms with E-state index in [4.69, 9.17) is 17.5 Å². The van der Waals surface area contributed by atoms with Gasteiger partial charge < -0.3 is 24.8 Å². The van der Waals surface area contributed by atoms with E-state index < -0.39 is 10.4 Å². The molecule has 0 radical (unpaired) electrons. The van der Waals surface area contributed by atoms with Crippen molar-refractivity contribution in [3.05, 3.63) is 0 Å². The van der Waals surface area contributed by atoms with Gasteiger partial charge in [-0.15, -0.1) is 0 Å². The van der Waals surface area contributed by atoms with Crippen LogP contribution in [0.5, 0.6) is 0 Å². The maximum absolute atomic E-state index is 8.74. The first-order valence-electron chi connectivity index (χ1n) is 0.698. The summed E-state index contributed by atoms with van der Waals surface area (Å²) in [6, 6.07) is 0. The van der Waals surface area contributed by atoms with Crippen LogP contribution >= 0.6 is 0 Å². The van der Waals surface area contributed by atoms with Crippen LogP contribution in [0.15, 0.2) is 0 Å². The number of rotatable bonds is 0. The summed E-state index contributed by atoms with van der Waals surface area (Å²) in [7, 11) is -4.67. The van der Waals surface area contributed by atoms with Crippen LogP contribution in [0, 0.1) is 0 Å². The molecule has 0 bridgehead atoms. The van der Waals surface area contributed by atoms with Gasteiger partial charge in [-0.05, 0) is 0 Å². The van der Waals surface area contributed by atoms with Gasteiger partial charge in [-0.1, -0.05) is 0 Å². The molecule has 8 heavy (non-hydrogen) atoms. The second-order valence-corrected chi connectivity index (χ2v) is 1.34. The van der Waals surface area contributed by atoms with Crippen molar-refractivity contribution in [2.75, 3.05) is 0 Å². The SMILES string of the molecule is O=S(=O)(O)O.[Cl-].[Cl-].[Fe+2]. The smallest absolute Gasteiger partial charge is 1.00 e. The average molecular weight is 225 g/mol. The minimum absolute atomic E-state index is 0. The molecule has 0 aromatic heterocycles. The van der Waals surface area contributed by atoms with Gasteiger partial charge in [-0.25, -0.2) is 0 Å². The molecule has 0 atom stereocenters. The molecule has 0 aromatic carbocycles. The molecular weight excluding hydrogens is 223 g/mol. The predicted octanol–water partition coefficient (Wildman–Crippen LogP) is -6.65. The van der Waals surface area contributed by atoms with Gasteiger partial charge in [0.15, 0.2) is 0 Å². The molecule has 54 valence electrons. The van der Waals surface area contributed by atoms with Crippen molar-refractivity contribution >= 4 is 10.4 Å². The van der Waals surface area contributed by atoms with Gasteiger partial charge in [0.05, 0.1) is 0 Å². The molecule has 0 spiro atoms. The Bertz CT molecular complexity index is 97.2. The number of halogens is 2. The summed E-state index contributed by atoms with van der Waals surface area (Å²) >= 11 is 0. The van der Waals surface area contributed by atoms with Gasteiger partial charge in [-0.2, -0.15) is 8.42 Å². The van der Waals surface area contributed by atoms with Gasteiger partial charge in [0.25, 0.3) is 0 Å². The van der Waals surface area contributed by atoms with Crippen molar-refractivity contribution in [2.24, 2.45) is 0 Å². The topological polar surface area (TPSA) is 74.6 Å². The summed E-state index contributed by atoms with van der Waals surface area (Å²) in [6.07, 6.45) is 0. The summed E-state index contributed by atoms with van der Waals surface area (Å²) < 4.78 is 31.6. The number of hydrogen-bond donors (Lipinski definition) is 2. The molecule has 0 heterocycles. The van der Waals surface area contributed by atoms with Crippen molar-refractivity contribution in [2.45, 2.75) is 0 Å². The Balaban J connectivity index is -0.0000000267. The maximum Gasteiger partial charge on any atom is 2.00 e. The predicted molar refractivity (Wildman–Crippen MR) is 14.2 cm³/mol. The monoisotopic (exact) mass is 224 g/mol. The second-order valence-electron chi connectivity index (χ2n) is 0.448. The Hall–Kier alpha value is 0.969. The molecular formula is H2Cl2FeO4S. The molecule has 0 saturated carbocycles. The van der Waals surface area contributed by atoms with Gasteiger partial charge >= 0.3 is 27.5 Å². The van der Waals surface area contributed by atoms with E-state index in [-0.39, 0.29) is 41.9 Å². The van der Waals surface area contributed by atoms with Crippen LogP contribution in [0.3, 0.4) is 0 Å². The molecule has 0 aromatic rings. The van der Waals surface area contributed by atoms with Crippen LogP contribution in [0.4, 0.5) is 0 Å². The molecule has 0 fully saturated rings. The molecule has 0 rings (SSSR count). The van der Waals surface area contributed by atoms with Gasteiger partial charge in [0, 0.05) is 0 Å². The van der Waals surface area contributed by atoms with Crippen LogP contribution in [0.2, 0.25) is 0 Å². The van der Waals surface area contributed by atoms with Gasteiger partial charge in [0.2, 0.25) is 0 Å². The molecule has 0 unspecified atom stereocenters. The fraction of sp³-hybridized carbons (Fsp3) is 0. The second kappa shape index (κ2) is 7.97. The van der Waals surface area contributed by atoms with Gasteiger partial charge in [-0.3, -0.25) is 9.11 Å². The zero-order chi connectivity index (χ0) is 4.50. The summed E-state index contributed by atoms with van der Waals surface area (Å²) in [5.74, 6) is 0. The van der Waals surface area contributed by atoms with E-state index >= 15 is 0 Å². The van der Waals surface area contributed by atoms with Crippen LogP contribution in [0.1, 0.15) is 0 Å². The molecule has 0 aliphatic heterocycles. The third-order valence-electron chi connectivity index (χ3n) is 0. The van der Waals surface area contributed by atoms with Crippen LogP contribution in [-0.4, -0.2) is 17.5 Å². The summed E-state index contributed by atoms with van der Waals surface area (Å²) in [6.45, 7) is 0. The standard InChI is InChI=1S/2ClH.Fe.H2O4S/c;;;1-5(2,3)4/h2*1H;;(H2,1,2,3,4)/q;;+2;/p-2. The van der Waals surface area contributed by atoms with Crippen molar-refractivity contribution in [1.82, 2.24) is 0 Å². The molecule has 4 nitrogen and oxygen atoms in total. The van der Waals surface area contributed by atoms with E-state index in [1.807, 2.05) is 0 Å². The van der Waals surface area contributed by atoms with Crippen molar-refractivity contribution in [1.29, 1.82) is 0 Å². The quantitative estimate of drug-likeness (QED) is 0.317. The molecule has 8 heteroatoms. The number of hydrogen-bond acceptors (Lipinski definition) is 2. The van der Waals surface area contributed by atoms with Crippen LogP contribution in [-0.2, 0) is 27.5 Å². The Morgan fingerprint density at radius 1 is 1.00 bits per heavy atom. The molecule has 2 N–H and O–H groups in total. The molecule has 0 saturated heterocycles. The fourth-order valence-electron chi connectivity index (χ4n) is 0.